The van der Waals surface area contributed by atoms with Crippen molar-refractivity contribution in [3.8, 4) is 0 Å². The summed E-state index contributed by atoms with van der Waals surface area (Å²) >= 11 is 1.86. The van der Waals surface area contributed by atoms with Gasteiger partial charge in [-0.05, 0) is 12.8 Å². The summed E-state index contributed by atoms with van der Waals surface area (Å²) in [5.41, 5.74) is 1.31. The molecule has 1 saturated heterocycles. The van der Waals surface area contributed by atoms with E-state index in [0.29, 0.717) is 5.92 Å². The van der Waals surface area contributed by atoms with E-state index < -0.39 is 0 Å². The fourth-order valence-corrected chi connectivity index (χ4v) is 3.26. The Morgan fingerprint density at radius 3 is 2.69 bits per heavy atom. The molecule has 2 rings (SSSR count). The predicted octanol–water partition coefficient (Wildman–Crippen LogP) is 1.98. The van der Waals surface area contributed by atoms with E-state index in [4.69, 9.17) is 0 Å². The molecule has 16 heavy (non-hydrogen) atoms. The summed E-state index contributed by atoms with van der Waals surface area (Å²) in [7, 11) is 0. The molecule has 0 aliphatic carbocycles. The minimum atomic E-state index is 0.544. The molecule has 1 aliphatic rings. The molecule has 0 unspecified atom stereocenters. The van der Waals surface area contributed by atoms with Gasteiger partial charge in [-0.2, -0.15) is 0 Å². The van der Waals surface area contributed by atoms with Crippen LogP contribution in [0.15, 0.2) is 0 Å². The number of nitrogens with zero attached hydrogens (tertiary/aromatic N) is 2. The van der Waals surface area contributed by atoms with Crippen molar-refractivity contribution in [2.75, 3.05) is 26.2 Å². The summed E-state index contributed by atoms with van der Waals surface area (Å²) in [6.45, 7) is 12.2. The second-order valence-electron chi connectivity index (χ2n) is 4.72. The molecule has 90 valence electrons. The van der Waals surface area contributed by atoms with E-state index in [1.54, 1.807) is 0 Å². The molecular formula is C12H21N3S. The van der Waals surface area contributed by atoms with Crippen molar-refractivity contribution < 1.29 is 0 Å². The van der Waals surface area contributed by atoms with E-state index in [2.05, 4.69) is 36.0 Å². The number of hydrogen-bond acceptors (Lipinski definition) is 4. The van der Waals surface area contributed by atoms with E-state index >= 15 is 0 Å². The van der Waals surface area contributed by atoms with Crippen LogP contribution >= 0.6 is 11.3 Å². The molecule has 0 amide bonds. The highest BCUT2D eigenvalue weighted by Gasteiger charge is 2.16. The Kier molecular flexibility index (Phi) is 3.95. The molecule has 1 aromatic heterocycles. The number of thiazole rings is 1. The molecule has 1 aliphatic heterocycles. The zero-order chi connectivity index (χ0) is 11.5. The normalized spacial score (nSPS) is 18.2. The number of nitrogens with one attached hydrogen (secondary N) is 1. The number of piperazine rings is 1. The maximum absolute atomic E-state index is 4.65. The number of aryl methyl sites for hydroxylation is 1. The maximum Gasteiger partial charge on any atom is 0.0900 e. The fourth-order valence-electron chi connectivity index (χ4n) is 2.12. The fraction of sp³-hybridized carbons (Fsp3) is 0.750. The molecule has 0 saturated carbocycles. The molecular weight excluding hydrogens is 218 g/mol. The molecule has 1 aromatic rings. The third kappa shape index (κ3) is 2.81. The average molecular weight is 239 g/mol. The minimum absolute atomic E-state index is 0.544. The minimum Gasteiger partial charge on any atom is -0.314 e. The van der Waals surface area contributed by atoms with Crippen molar-refractivity contribution in [2.24, 2.45) is 0 Å². The van der Waals surface area contributed by atoms with Gasteiger partial charge in [-0.1, -0.05) is 13.8 Å². The molecule has 2 heterocycles. The van der Waals surface area contributed by atoms with Crippen LogP contribution in [-0.4, -0.2) is 36.1 Å². The predicted molar refractivity (Wildman–Crippen MR) is 69.1 cm³/mol. The summed E-state index contributed by atoms with van der Waals surface area (Å²) < 4.78 is 0. The zero-order valence-electron chi connectivity index (χ0n) is 10.4. The van der Waals surface area contributed by atoms with Gasteiger partial charge < -0.3 is 5.32 Å². The van der Waals surface area contributed by atoms with Gasteiger partial charge in [-0.3, -0.25) is 4.90 Å². The van der Waals surface area contributed by atoms with Crippen molar-refractivity contribution >= 4 is 11.3 Å². The van der Waals surface area contributed by atoms with Crippen LogP contribution in [0.3, 0.4) is 0 Å². The summed E-state index contributed by atoms with van der Waals surface area (Å²) in [6, 6.07) is 0. The molecule has 1 fully saturated rings. The van der Waals surface area contributed by atoms with Crippen molar-refractivity contribution in [1.82, 2.24) is 15.2 Å². The molecule has 0 atom stereocenters. The van der Waals surface area contributed by atoms with Crippen LogP contribution in [0.2, 0.25) is 0 Å². The van der Waals surface area contributed by atoms with Gasteiger partial charge >= 0.3 is 0 Å². The Morgan fingerprint density at radius 1 is 1.38 bits per heavy atom. The zero-order valence-corrected chi connectivity index (χ0v) is 11.2. The topological polar surface area (TPSA) is 28.2 Å². The summed E-state index contributed by atoms with van der Waals surface area (Å²) in [4.78, 5) is 8.64. The van der Waals surface area contributed by atoms with Crippen LogP contribution in [0.4, 0.5) is 0 Å². The average Bonchev–Trinajstić information content (AvgIpc) is 2.61. The van der Waals surface area contributed by atoms with E-state index in [1.165, 1.54) is 15.6 Å². The standard InChI is InChI=1S/C12H21N3S/c1-9(2)12-11(16-10(3)14-12)8-15-6-4-13-5-7-15/h9,13H,4-8H2,1-3H3. The van der Waals surface area contributed by atoms with Gasteiger partial charge in [0.25, 0.3) is 0 Å². The van der Waals surface area contributed by atoms with Gasteiger partial charge in [0, 0.05) is 37.6 Å². The largest absolute Gasteiger partial charge is 0.314 e. The highest BCUT2D eigenvalue weighted by molar-refractivity contribution is 7.11. The first-order valence-corrected chi connectivity index (χ1v) is 6.87. The van der Waals surface area contributed by atoms with Crippen molar-refractivity contribution in [1.29, 1.82) is 0 Å². The SMILES string of the molecule is Cc1nc(C(C)C)c(CN2CCNCC2)s1. The molecule has 1 N–H and O–H groups in total. The van der Waals surface area contributed by atoms with Crippen molar-refractivity contribution in [3.05, 3.63) is 15.6 Å². The van der Waals surface area contributed by atoms with Crippen LogP contribution in [0.5, 0.6) is 0 Å². The van der Waals surface area contributed by atoms with Crippen LogP contribution < -0.4 is 5.32 Å². The van der Waals surface area contributed by atoms with Crippen molar-refractivity contribution in [2.45, 2.75) is 33.2 Å². The van der Waals surface area contributed by atoms with Crippen LogP contribution in [0, 0.1) is 6.92 Å². The highest BCUT2D eigenvalue weighted by atomic mass is 32.1. The van der Waals surface area contributed by atoms with Crippen LogP contribution in [-0.2, 0) is 6.54 Å². The first kappa shape index (κ1) is 12.0. The van der Waals surface area contributed by atoms with Gasteiger partial charge in [-0.15, -0.1) is 11.3 Å². The Morgan fingerprint density at radius 2 is 2.06 bits per heavy atom. The molecule has 4 heteroatoms. The summed E-state index contributed by atoms with van der Waals surface area (Å²) in [5, 5.41) is 4.59. The van der Waals surface area contributed by atoms with Gasteiger partial charge in [0.15, 0.2) is 0 Å². The Hall–Kier alpha value is -0.450. The monoisotopic (exact) mass is 239 g/mol. The summed E-state index contributed by atoms with van der Waals surface area (Å²) in [6.07, 6.45) is 0. The van der Waals surface area contributed by atoms with Gasteiger partial charge in [0.1, 0.15) is 0 Å². The molecule has 0 aromatic carbocycles. The second kappa shape index (κ2) is 5.25. The lowest BCUT2D eigenvalue weighted by Gasteiger charge is -2.27. The highest BCUT2D eigenvalue weighted by Crippen LogP contribution is 2.26. The third-order valence-corrected chi connectivity index (χ3v) is 3.93. The summed E-state index contributed by atoms with van der Waals surface area (Å²) in [5.74, 6) is 0.544. The number of hydrogen-bond donors (Lipinski definition) is 1. The second-order valence-corrected chi connectivity index (χ2v) is 6.01. The molecule has 0 spiro atoms. The Bertz CT molecular complexity index is 340. The Balaban J connectivity index is 2.07. The van der Waals surface area contributed by atoms with Gasteiger partial charge in [0.2, 0.25) is 0 Å². The van der Waals surface area contributed by atoms with Crippen LogP contribution in [0.25, 0.3) is 0 Å². The first-order chi connectivity index (χ1) is 7.66. The third-order valence-electron chi connectivity index (χ3n) is 2.96. The Labute approximate surface area is 102 Å². The van der Waals surface area contributed by atoms with Gasteiger partial charge in [-0.25, -0.2) is 4.98 Å². The quantitative estimate of drug-likeness (QED) is 0.874. The lowest BCUT2D eigenvalue weighted by molar-refractivity contribution is 0.234. The lowest BCUT2D eigenvalue weighted by Crippen LogP contribution is -2.42. The maximum atomic E-state index is 4.65. The smallest absolute Gasteiger partial charge is 0.0900 e. The van der Waals surface area contributed by atoms with E-state index in [-0.39, 0.29) is 0 Å². The lowest BCUT2D eigenvalue weighted by atomic mass is 10.1. The van der Waals surface area contributed by atoms with E-state index in [1.807, 2.05) is 11.3 Å². The van der Waals surface area contributed by atoms with E-state index in [0.717, 1.165) is 32.7 Å². The van der Waals surface area contributed by atoms with Gasteiger partial charge in [0.05, 0.1) is 10.7 Å². The molecule has 0 bridgehead atoms. The van der Waals surface area contributed by atoms with Crippen LogP contribution in [0.1, 0.15) is 35.3 Å². The number of rotatable bonds is 3. The van der Waals surface area contributed by atoms with Crippen molar-refractivity contribution in [3.63, 3.8) is 0 Å². The first-order valence-electron chi connectivity index (χ1n) is 6.06. The van der Waals surface area contributed by atoms with E-state index in [9.17, 15) is 0 Å². The molecule has 0 radical (unpaired) electrons. The molecule has 3 nitrogen and oxygen atoms in total. The number of aromatic nitrogens is 1.